The van der Waals surface area contributed by atoms with Crippen LogP contribution in [0.25, 0.3) is 0 Å². The van der Waals surface area contributed by atoms with Gasteiger partial charge in [0.2, 0.25) is 0 Å². The van der Waals surface area contributed by atoms with Crippen LogP contribution in [-0.2, 0) is 32.7 Å². The van der Waals surface area contributed by atoms with Crippen molar-refractivity contribution in [2.45, 2.75) is 225 Å². The van der Waals surface area contributed by atoms with Crippen LogP contribution >= 0.6 is 7.82 Å². The Morgan fingerprint density at radius 2 is 0.922 bits per heavy atom. The number of carbonyl (C=O) groups excluding carboxylic acids is 2. The van der Waals surface area contributed by atoms with Crippen molar-refractivity contribution in [1.82, 2.24) is 0 Å². The summed E-state index contributed by atoms with van der Waals surface area (Å²) < 4.78 is 34.3. The van der Waals surface area contributed by atoms with Gasteiger partial charge < -0.3 is 18.9 Å². The molecule has 0 amide bonds. The average Bonchev–Trinajstić information content (AvgIpc) is 3.25. The predicted octanol–water partition coefficient (Wildman–Crippen LogP) is 15.6. The highest BCUT2D eigenvalue weighted by molar-refractivity contribution is 7.47. The second-order valence-electron chi connectivity index (χ2n) is 18.5. The molecule has 372 valence electrons. The molecule has 0 aromatic heterocycles. The van der Waals surface area contributed by atoms with E-state index in [2.05, 4.69) is 62.5 Å². The molecule has 0 saturated heterocycles. The van der Waals surface area contributed by atoms with Crippen LogP contribution in [0.2, 0.25) is 0 Å². The molecule has 9 nitrogen and oxygen atoms in total. The summed E-state index contributed by atoms with van der Waals surface area (Å²) in [7, 11) is 1.43. The summed E-state index contributed by atoms with van der Waals surface area (Å²) in [6, 6.07) is 0. The maximum Gasteiger partial charge on any atom is 0.472 e. The van der Waals surface area contributed by atoms with Crippen LogP contribution in [0.5, 0.6) is 0 Å². The van der Waals surface area contributed by atoms with E-state index in [4.69, 9.17) is 18.5 Å². The van der Waals surface area contributed by atoms with Gasteiger partial charge in [-0.05, 0) is 64.2 Å². The van der Waals surface area contributed by atoms with Crippen LogP contribution in [0.1, 0.15) is 219 Å². The quantitative estimate of drug-likeness (QED) is 0.0211. The van der Waals surface area contributed by atoms with Crippen LogP contribution in [-0.4, -0.2) is 74.9 Å². The molecule has 2 atom stereocenters. The fourth-order valence-electron chi connectivity index (χ4n) is 7.02. The van der Waals surface area contributed by atoms with Gasteiger partial charge in [-0.25, -0.2) is 4.57 Å². The number of unbranched alkanes of at least 4 members (excludes halogenated alkanes) is 23. The molecule has 64 heavy (non-hydrogen) atoms. The Morgan fingerprint density at radius 1 is 0.500 bits per heavy atom. The number of likely N-dealkylation sites (N-methyl/N-ethyl adjacent to an activating group) is 1. The van der Waals surface area contributed by atoms with Gasteiger partial charge >= 0.3 is 19.8 Å². The molecule has 0 aliphatic heterocycles. The highest BCUT2D eigenvalue weighted by Gasteiger charge is 2.27. The molecule has 10 heteroatoms. The molecule has 0 rings (SSSR count). The van der Waals surface area contributed by atoms with E-state index in [-0.39, 0.29) is 32.0 Å². The van der Waals surface area contributed by atoms with Crippen molar-refractivity contribution in [1.29, 1.82) is 0 Å². The van der Waals surface area contributed by atoms with E-state index in [1.54, 1.807) is 0 Å². The first kappa shape index (κ1) is 61.7. The smallest absolute Gasteiger partial charge is 0.462 e. The zero-order chi connectivity index (χ0) is 47.1. The molecule has 0 aliphatic carbocycles. The van der Waals surface area contributed by atoms with Gasteiger partial charge in [-0.15, -0.1) is 0 Å². The normalized spacial score (nSPS) is 13.9. The Bertz CT molecular complexity index is 1270. The lowest BCUT2D eigenvalue weighted by atomic mass is 10.0. The van der Waals surface area contributed by atoms with Crippen LogP contribution in [0, 0.1) is 0 Å². The molecule has 0 saturated carbocycles. The molecule has 0 fully saturated rings. The number of hydrogen-bond acceptors (Lipinski definition) is 7. The maximum atomic E-state index is 12.7. The number of carbonyl (C=O) groups is 2. The minimum absolute atomic E-state index is 0.0178. The minimum atomic E-state index is -4.40. The van der Waals surface area contributed by atoms with E-state index in [0.717, 1.165) is 44.9 Å². The molecule has 0 aromatic carbocycles. The Labute approximate surface area is 394 Å². The second-order valence-corrected chi connectivity index (χ2v) is 20.0. The first-order chi connectivity index (χ1) is 31.0. The Balaban J connectivity index is 4.15. The first-order valence-corrected chi connectivity index (χ1v) is 27.5. The van der Waals surface area contributed by atoms with E-state index in [1.807, 2.05) is 33.3 Å². The van der Waals surface area contributed by atoms with E-state index in [9.17, 15) is 19.0 Å². The summed E-state index contributed by atoms with van der Waals surface area (Å²) in [5.41, 5.74) is 0. The topological polar surface area (TPSA) is 108 Å². The first-order valence-electron chi connectivity index (χ1n) is 26.0. The van der Waals surface area contributed by atoms with Gasteiger partial charge in [0.05, 0.1) is 27.7 Å². The maximum absolute atomic E-state index is 12.7. The molecule has 0 radical (unpaired) electrons. The molecule has 0 spiro atoms. The lowest BCUT2D eigenvalue weighted by Gasteiger charge is -2.24. The second kappa shape index (κ2) is 45.8. The Morgan fingerprint density at radius 3 is 1.39 bits per heavy atom. The van der Waals surface area contributed by atoms with Gasteiger partial charge in [-0.3, -0.25) is 18.6 Å². The predicted molar refractivity (Wildman–Crippen MR) is 270 cm³/mol. The molecule has 0 aliphatic rings. The fourth-order valence-corrected chi connectivity index (χ4v) is 7.77. The highest BCUT2D eigenvalue weighted by Crippen LogP contribution is 2.43. The standard InChI is InChI=1S/C54H98NO8P/c1-6-8-10-12-14-16-18-20-21-22-23-24-25-26-27-28-29-30-31-32-33-35-36-38-40-42-44-46-53(56)60-50-52(51-62-64(58,59)61-49-48-55(3,4)5)63-54(57)47-45-43-41-39-37-34-19-17-15-13-11-9-7-2/h9,11,15,17,22-23,34,37,41,43,52H,6-8,10,12-14,16,18-21,24-33,35-36,38-40,42,44-51H2,1-5H3/p+1/b11-9-,17-15-,23-22-,37-34-,43-41-. The van der Waals surface area contributed by atoms with E-state index >= 15 is 0 Å². The minimum Gasteiger partial charge on any atom is -0.462 e. The lowest BCUT2D eigenvalue weighted by molar-refractivity contribution is -0.870. The highest BCUT2D eigenvalue weighted by atomic mass is 31.2. The molecular weight excluding hydrogens is 822 g/mol. The Hall–Kier alpha value is -2.29. The number of hydrogen-bond donors (Lipinski definition) is 1. The largest absolute Gasteiger partial charge is 0.472 e. The van der Waals surface area contributed by atoms with Crippen LogP contribution in [0.4, 0.5) is 0 Å². The van der Waals surface area contributed by atoms with E-state index in [1.165, 1.54) is 141 Å². The van der Waals surface area contributed by atoms with Gasteiger partial charge in [0.15, 0.2) is 6.10 Å². The van der Waals surface area contributed by atoms with Gasteiger partial charge in [0.1, 0.15) is 19.8 Å². The van der Waals surface area contributed by atoms with Gasteiger partial charge in [-0.1, -0.05) is 203 Å². The average molecular weight is 921 g/mol. The summed E-state index contributed by atoms with van der Waals surface area (Å²) in [4.78, 5) is 35.4. The van der Waals surface area contributed by atoms with E-state index < -0.39 is 26.5 Å². The molecule has 0 bridgehead atoms. The lowest BCUT2D eigenvalue weighted by Crippen LogP contribution is -2.37. The third-order valence-electron chi connectivity index (χ3n) is 11.0. The third kappa shape index (κ3) is 49.2. The van der Waals surface area contributed by atoms with Crippen molar-refractivity contribution in [2.24, 2.45) is 0 Å². The van der Waals surface area contributed by atoms with Crippen LogP contribution < -0.4 is 0 Å². The van der Waals surface area contributed by atoms with Crippen LogP contribution in [0.15, 0.2) is 60.8 Å². The number of esters is 2. The summed E-state index contributed by atoms with van der Waals surface area (Å²) >= 11 is 0. The van der Waals surface area contributed by atoms with Crippen molar-refractivity contribution in [2.75, 3.05) is 47.5 Å². The Kier molecular flexibility index (Phi) is 44.2. The van der Waals surface area contributed by atoms with Crippen molar-refractivity contribution in [3.05, 3.63) is 60.8 Å². The monoisotopic (exact) mass is 921 g/mol. The summed E-state index contributed by atoms with van der Waals surface area (Å²) in [5.74, 6) is -0.890. The zero-order valence-corrected chi connectivity index (χ0v) is 42.9. The molecule has 2 unspecified atom stereocenters. The van der Waals surface area contributed by atoms with Gasteiger partial charge in [0, 0.05) is 12.8 Å². The summed E-state index contributed by atoms with van der Waals surface area (Å²) in [6.45, 7) is 4.23. The van der Waals surface area contributed by atoms with Gasteiger partial charge in [0.25, 0.3) is 0 Å². The number of phosphoric ester groups is 1. The van der Waals surface area contributed by atoms with Crippen LogP contribution in [0.3, 0.4) is 0 Å². The van der Waals surface area contributed by atoms with Crippen molar-refractivity contribution in [3.63, 3.8) is 0 Å². The molecule has 0 aromatic rings. The number of allylic oxidation sites excluding steroid dienone is 10. The summed E-state index contributed by atoms with van der Waals surface area (Å²) in [5, 5.41) is 0. The number of rotatable bonds is 47. The fraction of sp³-hybridized carbons (Fsp3) is 0.778. The summed E-state index contributed by atoms with van der Waals surface area (Å²) in [6.07, 6.45) is 57.5. The SMILES string of the molecule is CC/C=C\C/C=C\C/C=C\C/C=C\CCC(=O)OC(COC(=O)CCCCCCCCCCCCCCCCC/C=C\CCCCCCCCCC)COP(=O)(O)OCC[N+](C)(C)C. The number of nitrogens with zero attached hydrogens (tertiary/aromatic N) is 1. The van der Waals surface area contributed by atoms with Gasteiger partial charge in [-0.2, -0.15) is 0 Å². The van der Waals surface area contributed by atoms with Crippen molar-refractivity contribution in [3.8, 4) is 0 Å². The number of ether oxygens (including phenoxy) is 2. The molecule has 0 heterocycles. The number of phosphoric acid groups is 1. The number of quaternary nitrogens is 1. The molecule has 1 N–H and O–H groups in total. The van der Waals surface area contributed by atoms with Crippen molar-refractivity contribution >= 4 is 19.8 Å². The van der Waals surface area contributed by atoms with Crippen molar-refractivity contribution < 1.29 is 42.1 Å². The molecular formula is C54H99NO8P+. The zero-order valence-electron chi connectivity index (χ0n) is 42.0. The van der Waals surface area contributed by atoms with E-state index in [0.29, 0.717) is 17.4 Å². The third-order valence-corrected chi connectivity index (χ3v) is 12.0.